The normalized spacial score (nSPS) is 20.9. The molecule has 1 aliphatic rings. The van der Waals surface area contributed by atoms with Crippen LogP contribution in [0.5, 0.6) is 0 Å². The van der Waals surface area contributed by atoms with E-state index >= 15 is 0 Å². The van der Waals surface area contributed by atoms with E-state index in [2.05, 4.69) is 4.90 Å². The third-order valence-corrected chi connectivity index (χ3v) is 3.04. The number of hydrogen-bond donors (Lipinski definition) is 1. The highest BCUT2D eigenvalue weighted by Crippen LogP contribution is 2.26. The first kappa shape index (κ1) is 10.4. The lowest BCUT2D eigenvalue weighted by Gasteiger charge is -2.26. The van der Waals surface area contributed by atoms with Gasteiger partial charge < -0.3 is 10.6 Å². The molecule has 0 aromatic heterocycles. The van der Waals surface area contributed by atoms with Crippen LogP contribution < -0.4 is 10.6 Å². The molecule has 2 rings (SSSR count). The molecule has 1 heterocycles. The second-order valence-electron chi connectivity index (χ2n) is 4.04. The van der Waals surface area contributed by atoms with Crippen molar-refractivity contribution in [3.8, 4) is 0 Å². The van der Waals surface area contributed by atoms with Crippen LogP contribution in [0.25, 0.3) is 0 Å². The van der Waals surface area contributed by atoms with Gasteiger partial charge in [-0.2, -0.15) is 0 Å². The van der Waals surface area contributed by atoms with E-state index < -0.39 is 0 Å². The molecule has 15 heavy (non-hydrogen) atoms. The zero-order valence-corrected chi connectivity index (χ0v) is 8.82. The molecule has 2 N–H and O–H groups in total. The van der Waals surface area contributed by atoms with Gasteiger partial charge >= 0.3 is 0 Å². The van der Waals surface area contributed by atoms with Gasteiger partial charge in [-0.25, -0.2) is 4.39 Å². The quantitative estimate of drug-likeness (QED) is 0.824. The van der Waals surface area contributed by atoms with Crippen LogP contribution in [0.4, 0.5) is 10.1 Å². The van der Waals surface area contributed by atoms with Crippen molar-refractivity contribution in [1.29, 1.82) is 0 Å². The van der Waals surface area contributed by atoms with E-state index in [-0.39, 0.29) is 5.82 Å². The Labute approximate surface area is 89.9 Å². The van der Waals surface area contributed by atoms with Gasteiger partial charge in [-0.3, -0.25) is 0 Å². The highest BCUT2D eigenvalue weighted by molar-refractivity contribution is 5.48. The fourth-order valence-corrected chi connectivity index (χ4v) is 2.30. The Morgan fingerprint density at radius 1 is 1.33 bits per heavy atom. The first-order valence-electron chi connectivity index (χ1n) is 5.53. The maximum absolute atomic E-state index is 12.8. The molecule has 0 saturated carbocycles. The van der Waals surface area contributed by atoms with E-state index in [4.69, 9.17) is 5.73 Å². The van der Waals surface area contributed by atoms with Crippen molar-refractivity contribution in [3.63, 3.8) is 0 Å². The minimum Gasteiger partial charge on any atom is -0.368 e. The molecule has 1 unspecified atom stereocenters. The van der Waals surface area contributed by atoms with Crippen LogP contribution in [-0.2, 0) is 0 Å². The maximum Gasteiger partial charge on any atom is 0.123 e. The third-order valence-electron chi connectivity index (χ3n) is 3.04. The van der Waals surface area contributed by atoms with Gasteiger partial charge in [0.05, 0.1) is 0 Å². The van der Waals surface area contributed by atoms with Crippen LogP contribution in [0.15, 0.2) is 24.3 Å². The van der Waals surface area contributed by atoms with E-state index in [1.54, 1.807) is 0 Å². The second kappa shape index (κ2) is 4.62. The Morgan fingerprint density at radius 2 is 2.07 bits per heavy atom. The molecular formula is C12H17FN2. The highest BCUT2D eigenvalue weighted by Gasteiger charge is 2.23. The van der Waals surface area contributed by atoms with Gasteiger partial charge in [0.25, 0.3) is 0 Å². The molecule has 1 fully saturated rings. The molecule has 1 atom stereocenters. The molecule has 0 bridgehead atoms. The molecule has 0 spiro atoms. The van der Waals surface area contributed by atoms with Gasteiger partial charge in [0.15, 0.2) is 0 Å². The second-order valence-corrected chi connectivity index (χ2v) is 4.04. The molecule has 0 radical (unpaired) electrons. The van der Waals surface area contributed by atoms with E-state index in [0.29, 0.717) is 6.04 Å². The predicted molar refractivity (Wildman–Crippen MR) is 60.4 cm³/mol. The highest BCUT2D eigenvalue weighted by atomic mass is 19.1. The number of hydrogen-bond acceptors (Lipinski definition) is 2. The minimum absolute atomic E-state index is 0.173. The van der Waals surface area contributed by atoms with Gasteiger partial charge in [-0.05, 0) is 50.1 Å². The van der Waals surface area contributed by atoms with Gasteiger partial charge in [0, 0.05) is 18.3 Å². The van der Waals surface area contributed by atoms with Crippen molar-refractivity contribution < 1.29 is 4.39 Å². The lowest BCUT2D eigenvalue weighted by atomic mass is 10.1. The van der Waals surface area contributed by atoms with E-state index in [1.807, 2.05) is 12.1 Å². The van der Waals surface area contributed by atoms with Crippen LogP contribution in [0, 0.1) is 5.82 Å². The largest absolute Gasteiger partial charge is 0.368 e. The Balaban J connectivity index is 2.11. The molecule has 1 aromatic carbocycles. The van der Waals surface area contributed by atoms with Crippen LogP contribution in [0.1, 0.15) is 19.3 Å². The van der Waals surface area contributed by atoms with Crippen molar-refractivity contribution >= 4 is 5.69 Å². The van der Waals surface area contributed by atoms with Gasteiger partial charge in [-0.15, -0.1) is 0 Å². The van der Waals surface area contributed by atoms with E-state index in [0.717, 1.165) is 25.2 Å². The van der Waals surface area contributed by atoms with Crippen LogP contribution in [0.3, 0.4) is 0 Å². The Hall–Kier alpha value is -1.09. The maximum atomic E-state index is 12.8. The Morgan fingerprint density at radius 3 is 2.73 bits per heavy atom. The summed E-state index contributed by atoms with van der Waals surface area (Å²) in [7, 11) is 0. The smallest absolute Gasteiger partial charge is 0.123 e. The Kier molecular flexibility index (Phi) is 3.21. The zero-order chi connectivity index (χ0) is 10.7. The van der Waals surface area contributed by atoms with E-state index in [1.165, 1.54) is 25.0 Å². The summed E-state index contributed by atoms with van der Waals surface area (Å²) in [5.74, 6) is -0.173. The molecular weight excluding hydrogens is 191 g/mol. The summed E-state index contributed by atoms with van der Waals surface area (Å²) in [4.78, 5) is 2.34. The summed E-state index contributed by atoms with van der Waals surface area (Å²) < 4.78 is 12.8. The number of rotatable bonds is 3. The average molecular weight is 208 g/mol. The minimum atomic E-state index is -0.173. The molecule has 1 aromatic rings. The van der Waals surface area contributed by atoms with Crippen molar-refractivity contribution in [2.45, 2.75) is 25.3 Å². The van der Waals surface area contributed by atoms with Crippen molar-refractivity contribution in [3.05, 3.63) is 30.1 Å². The number of nitrogens with zero attached hydrogens (tertiary/aromatic N) is 1. The topological polar surface area (TPSA) is 29.3 Å². The molecule has 0 amide bonds. The summed E-state index contributed by atoms with van der Waals surface area (Å²) in [6.07, 6.45) is 3.44. The summed E-state index contributed by atoms with van der Waals surface area (Å²) in [6.45, 7) is 1.79. The fraction of sp³-hybridized carbons (Fsp3) is 0.500. The summed E-state index contributed by atoms with van der Waals surface area (Å²) in [6, 6.07) is 7.29. The lowest BCUT2D eigenvalue weighted by molar-refractivity contribution is 0.613. The van der Waals surface area contributed by atoms with Gasteiger partial charge in [-0.1, -0.05) is 0 Å². The molecule has 1 saturated heterocycles. The first-order chi connectivity index (χ1) is 7.31. The number of nitrogens with two attached hydrogens (primary N) is 1. The zero-order valence-electron chi connectivity index (χ0n) is 8.82. The van der Waals surface area contributed by atoms with Gasteiger partial charge in [0.1, 0.15) is 5.82 Å². The monoisotopic (exact) mass is 208 g/mol. The number of halogens is 1. The Bertz CT molecular complexity index is 310. The summed E-state index contributed by atoms with van der Waals surface area (Å²) in [5, 5.41) is 0. The number of benzene rings is 1. The molecule has 3 heteroatoms. The summed E-state index contributed by atoms with van der Waals surface area (Å²) in [5.41, 5.74) is 6.70. The van der Waals surface area contributed by atoms with Crippen LogP contribution in [-0.4, -0.2) is 19.1 Å². The third kappa shape index (κ3) is 2.29. The molecule has 1 aliphatic heterocycles. The average Bonchev–Trinajstić information content (AvgIpc) is 2.68. The van der Waals surface area contributed by atoms with Crippen LogP contribution in [0.2, 0.25) is 0 Å². The first-order valence-corrected chi connectivity index (χ1v) is 5.53. The van der Waals surface area contributed by atoms with E-state index in [9.17, 15) is 4.39 Å². The van der Waals surface area contributed by atoms with Crippen molar-refractivity contribution in [1.82, 2.24) is 0 Å². The predicted octanol–water partition coefficient (Wildman–Crippen LogP) is 2.14. The van der Waals surface area contributed by atoms with Crippen molar-refractivity contribution in [2.24, 2.45) is 5.73 Å². The molecule has 2 nitrogen and oxygen atoms in total. The lowest BCUT2D eigenvalue weighted by Crippen LogP contribution is -2.30. The summed E-state index contributed by atoms with van der Waals surface area (Å²) >= 11 is 0. The van der Waals surface area contributed by atoms with Crippen molar-refractivity contribution in [2.75, 3.05) is 18.0 Å². The van der Waals surface area contributed by atoms with Crippen LogP contribution >= 0.6 is 0 Å². The number of anilines is 1. The van der Waals surface area contributed by atoms with Gasteiger partial charge in [0.2, 0.25) is 0 Å². The standard InChI is InChI=1S/C12H17FN2/c13-10-3-5-12(6-4-10)15-9-1-2-11(15)7-8-14/h3-6,11H,1-2,7-9,14H2. The molecule has 82 valence electrons. The SMILES string of the molecule is NCCC1CCCN1c1ccc(F)cc1. The molecule has 0 aliphatic carbocycles. The fourth-order valence-electron chi connectivity index (χ4n) is 2.30.